The van der Waals surface area contributed by atoms with Crippen molar-refractivity contribution in [3.05, 3.63) is 33.2 Å². The Bertz CT molecular complexity index is 476. The molecule has 2 rings (SSSR count). The first-order chi connectivity index (χ1) is 8.04. The van der Waals surface area contributed by atoms with Gasteiger partial charge in [-0.2, -0.15) is 0 Å². The number of hydrogen-bond donors (Lipinski definition) is 1. The average Bonchev–Trinajstić information content (AvgIpc) is 2.28. The Hall–Kier alpha value is -1.13. The van der Waals surface area contributed by atoms with Crippen molar-refractivity contribution in [1.29, 1.82) is 0 Å². The maximum atomic E-state index is 12.3. The van der Waals surface area contributed by atoms with E-state index in [2.05, 4.69) is 11.9 Å². The Morgan fingerprint density at radius 2 is 2.24 bits per heavy atom. The lowest BCUT2D eigenvalue weighted by Crippen LogP contribution is -2.36. The van der Waals surface area contributed by atoms with Crippen LogP contribution < -0.4 is 11.3 Å². The highest BCUT2D eigenvalue weighted by Crippen LogP contribution is 2.19. The van der Waals surface area contributed by atoms with Crippen molar-refractivity contribution in [2.75, 3.05) is 13.6 Å². The number of pyridine rings is 1. The molecule has 1 aromatic rings. The predicted molar refractivity (Wildman–Crippen MR) is 69.0 cm³/mol. The molecule has 0 aromatic carbocycles. The third kappa shape index (κ3) is 2.15. The van der Waals surface area contributed by atoms with Crippen LogP contribution in [-0.4, -0.2) is 23.1 Å². The molecule has 1 aromatic heterocycles. The quantitative estimate of drug-likeness (QED) is 0.827. The molecule has 2 heterocycles. The normalized spacial score (nSPS) is 17.9. The number of rotatable bonds is 2. The molecule has 0 fully saturated rings. The fourth-order valence-corrected chi connectivity index (χ4v) is 2.54. The Kier molecular flexibility index (Phi) is 3.35. The summed E-state index contributed by atoms with van der Waals surface area (Å²) in [7, 11) is 2.11. The number of nitrogens with two attached hydrogens (primary N) is 1. The summed E-state index contributed by atoms with van der Waals surface area (Å²) >= 11 is 0. The summed E-state index contributed by atoms with van der Waals surface area (Å²) in [5, 5.41) is 0. The Labute approximate surface area is 102 Å². The van der Waals surface area contributed by atoms with Gasteiger partial charge in [0, 0.05) is 43.4 Å². The molecule has 1 atom stereocenters. The molecule has 1 aliphatic rings. The average molecular weight is 235 g/mol. The topological polar surface area (TPSA) is 51.3 Å². The summed E-state index contributed by atoms with van der Waals surface area (Å²) in [6, 6.07) is 1.81. The molecule has 94 valence electrons. The number of likely N-dealkylation sites (N-methyl/N-ethyl adjacent to an activating group) is 1. The van der Waals surface area contributed by atoms with Crippen molar-refractivity contribution in [3.8, 4) is 0 Å². The molecular weight excluding hydrogens is 214 g/mol. The van der Waals surface area contributed by atoms with E-state index in [4.69, 9.17) is 5.73 Å². The van der Waals surface area contributed by atoms with E-state index in [0.717, 1.165) is 31.6 Å². The van der Waals surface area contributed by atoms with Crippen LogP contribution in [0.15, 0.2) is 10.9 Å². The fourth-order valence-electron chi connectivity index (χ4n) is 2.54. The van der Waals surface area contributed by atoms with Crippen LogP contribution in [-0.2, 0) is 19.5 Å². The van der Waals surface area contributed by atoms with Gasteiger partial charge in [-0.05, 0) is 32.5 Å². The van der Waals surface area contributed by atoms with Crippen molar-refractivity contribution < 1.29 is 0 Å². The molecule has 0 saturated carbocycles. The molecule has 1 unspecified atom stereocenters. The van der Waals surface area contributed by atoms with Gasteiger partial charge in [-0.3, -0.25) is 4.79 Å². The minimum atomic E-state index is -0.196. The van der Waals surface area contributed by atoms with Gasteiger partial charge in [0.1, 0.15) is 0 Å². The standard InChI is InChI=1S/C13H21N3O/c1-4-16-12-5-6-15(3)8-10(12)7-11(9(2)14)13(16)17/h7,9H,4-6,8,14H2,1-3H3. The van der Waals surface area contributed by atoms with E-state index in [1.807, 2.05) is 24.5 Å². The molecule has 4 heteroatoms. The highest BCUT2D eigenvalue weighted by Gasteiger charge is 2.20. The van der Waals surface area contributed by atoms with Crippen LogP contribution in [0, 0.1) is 0 Å². The number of hydrogen-bond acceptors (Lipinski definition) is 3. The molecule has 17 heavy (non-hydrogen) atoms. The third-order valence-corrected chi connectivity index (χ3v) is 3.50. The van der Waals surface area contributed by atoms with Gasteiger partial charge in [0.25, 0.3) is 5.56 Å². The van der Waals surface area contributed by atoms with Crippen LogP contribution >= 0.6 is 0 Å². The number of aromatic nitrogens is 1. The van der Waals surface area contributed by atoms with Crippen molar-refractivity contribution in [3.63, 3.8) is 0 Å². The van der Waals surface area contributed by atoms with Crippen molar-refractivity contribution in [2.45, 2.75) is 39.4 Å². The number of nitrogens with zero attached hydrogens (tertiary/aromatic N) is 2. The minimum Gasteiger partial charge on any atom is -0.324 e. The van der Waals surface area contributed by atoms with Crippen LogP contribution in [0.1, 0.15) is 36.7 Å². The zero-order valence-electron chi connectivity index (χ0n) is 10.9. The van der Waals surface area contributed by atoms with Crippen LogP contribution in [0.25, 0.3) is 0 Å². The molecule has 0 radical (unpaired) electrons. The van der Waals surface area contributed by atoms with Crippen molar-refractivity contribution >= 4 is 0 Å². The number of fused-ring (bicyclic) bond motifs is 1. The van der Waals surface area contributed by atoms with Gasteiger partial charge in [0.05, 0.1) is 0 Å². The summed E-state index contributed by atoms with van der Waals surface area (Å²) in [5.41, 5.74) is 9.16. The van der Waals surface area contributed by atoms with E-state index in [-0.39, 0.29) is 11.6 Å². The second-order valence-corrected chi connectivity index (χ2v) is 4.90. The fraction of sp³-hybridized carbons (Fsp3) is 0.615. The summed E-state index contributed by atoms with van der Waals surface area (Å²) in [6.45, 7) is 6.55. The lowest BCUT2D eigenvalue weighted by Gasteiger charge is -2.28. The maximum absolute atomic E-state index is 12.3. The summed E-state index contributed by atoms with van der Waals surface area (Å²) in [6.07, 6.45) is 0.953. The van der Waals surface area contributed by atoms with Gasteiger partial charge in [-0.25, -0.2) is 0 Å². The van der Waals surface area contributed by atoms with Gasteiger partial charge >= 0.3 is 0 Å². The molecule has 0 bridgehead atoms. The van der Waals surface area contributed by atoms with E-state index in [0.29, 0.717) is 0 Å². The summed E-state index contributed by atoms with van der Waals surface area (Å²) in [4.78, 5) is 14.5. The SMILES string of the molecule is CCn1c2c(cc(C(C)N)c1=O)CN(C)CC2. The third-order valence-electron chi connectivity index (χ3n) is 3.50. The monoisotopic (exact) mass is 235 g/mol. The van der Waals surface area contributed by atoms with E-state index in [1.54, 1.807) is 0 Å². The van der Waals surface area contributed by atoms with Gasteiger partial charge in [-0.15, -0.1) is 0 Å². The second-order valence-electron chi connectivity index (χ2n) is 4.90. The largest absolute Gasteiger partial charge is 0.324 e. The van der Waals surface area contributed by atoms with Crippen LogP contribution in [0.5, 0.6) is 0 Å². The molecule has 4 nitrogen and oxygen atoms in total. The minimum absolute atomic E-state index is 0.0887. The van der Waals surface area contributed by atoms with Gasteiger partial charge in [0.2, 0.25) is 0 Å². The Balaban J connectivity index is 2.62. The van der Waals surface area contributed by atoms with Gasteiger partial charge in [-0.1, -0.05) is 0 Å². The molecule has 0 amide bonds. The Morgan fingerprint density at radius 3 is 2.82 bits per heavy atom. The van der Waals surface area contributed by atoms with Gasteiger partial charge in [0.15, 0.2) is 0 Å². The molecule has 0 aliphatic carbocycles. The molecule has 0 saturated heterocycles. The van der Waals surface area contributed by atoms with E-state index < -0.39 is 0 Å². The Morgan fingerprint density at radius 1 is 1.53 bits per heavy atom. The maximum Gasteiger partial charge on any atom is 0.255 e. The first-order valence-electron chi connectivity index (χ1n) is 6.24. The second kappa shape index (κ2) is 4.63. The molecule has 1 aliphatic heterocycles. The highest BCUT2D eigenvalue weighted by atomic mass is 16.1. The van der Waals surface area contributed by atoms with Crippen LogP contribution in [0.3, 0.4) is 0 Å². The lowest BCUT2D eigenvalue weighted by atomic mass is 10.0. The molecular formula is C13H21N3O. The molecule has 2 N–H and O–H groups in total. The summed E-state index contributed by atoms with van der Waals surface area (Å²) < 4.78 is 1.89. The molecule has 0 spiro atoms. The van der Waals surface area contributed by atoms with Gasteiger partial charge < -0.3 is 15.2 Å². The van der Waals surface area contributed by atoms with E-state index in [9.17, 15) is 4.79 Å². The first-order valence-corrected chi connectivity index (χ1v) is 6.24. The summed E-state index contributed by atoms with van der Waals surface area (Å²) in [5.74, 6) is 0. The zero-order chi connectivity index (χ0) is 12.6. The van der Waals surface area contributed by atoms with Crippen molar-refractivity contribution in [2.24, 2.45) is 5.73 Å². The lowest BCUT2D eigenvalue weighted by molar-refractivity contribution is 0.304. The first kappa shape index (κ1) is 12.3. The van der Waals surface area contributed by atoms with Crippen LogP contribution in [0.2, 0.25) is 0 Å². The predicted octanol–water partition coefficient (Wildman–Crippen LogP) is 0.876. The van der Waals surface area contributed by atoms with Crippen molar-refractivity contribution in [1.82, 2.24) is 9.47 Å². The van der Waals surface area contributed by atoms with E-state index in [1.165, 1.54) is 11.3 Å². The zero-order valence-corrected chi connectivity index (χ0v) is 10.9. The highest BCUT2D eigenvalue weighted by molar-refractivity contribution is 5.30. The smallest absolute Gasteiger partial charge is 0.255 e. The van der Waals surface area contributed by atoms with E-state index >= 15 is 0 Å². The van der Waals surface area contributed by atoms with Crippen LogP contribution in [0.4, 0.5) is 0 Å².